The van der Waals surface area contributed by atoms with Crippen molar-refractivity contribution in [3.63, 3.8) is 0 Å². The molecule has 5 nitrogen and oxygen atoms in total. The monoisotopic (exact) mass is 504 g/mol. The highest BCUT2D eigenvalue weighted by molar-refractivity contribution is 6.36. The van der Waals surface area contributed by atoms with Crippen LogP contribution in [0.5, 0.6) is 0 Å². The molecule has 0 aliphatic heterocycles. The lowest BCUT2D eigenvalue weighted by atomic mass is 9.66. The van der Waals surface area contributed by atoms with E-state index in [1.807, 2.05) is 48.6 Å². The van der Waals surface area contributed by atoms with E-state index in [0.717, 1.165) is 11.1 Å². The van der Waals surface area contributed by atoms with Gasteiger partial charge in [0.15, 0.2) is 5.78 Å². The SMILES string of the molecule is C=CCC(=NC1(C)C=CC(c2ccc(C(C)C)cc2)(c2cccnc2)C=C1C(=O)c1ccccc1)C(=O)O. The maximum atomic E-state index is 14.1. The molecule has 5 heteroatoms. The van der Waals surface area contributed by atoms with Crippen molar-refractivity contribution in [1.29, 1.82) is 0 Å². The largest absolute Gasteiger partial charge is 0.477 e. The van der Waals surface area contributed by atoms with Crippen molar-refractivity contribution in [3.05, 3.63) is 138 Å². The number of benzene rings is 2. The number of Topliss-reactive ketones (excluding diaryl/α,β-unsaturated/α-hetero) is 1. The molecule has 1 heterocycles. The highest BCUT2D eigenvalue weighted by Gasteiger charge is 2.42. The molecule has 0 saturated carbocycles. The molecule has 0 spiro atoms. The van der Waals surface area contributed by atoms with Crippen molar-refractivity contribution in [2.45, 2.75) is 44.1 Å². The van der Waals surface area contributed by atoms with Gasteiger partial charge >= 0.3 is 5.97 Å². The minimum absolute atomic E-state index is 0.0610. The van der Waals surface area contributed by atoms with E-state index < -0.39 is 16.9 Å². The minimum atomic E-state index is -1.20. The zero-order chi connectivity index (χ0) is 27.3. The second-order valence-corrected chi connectivity index (χ2v) is 9.98. The number of hydrogen-bond donors (Lipinski definition) is 1. The molecule has 1 aliphatic carbocycles. The van der Waals surface area contributed by atoms with Crippen LogP contribution in [0.1, 0.15) is 60.2 Å². The first kappa shape index (κ1) is 26.7. The molecule has 2 atom stereocenters. The van der Waals surface area contributed by atoms with Crippen LogP contribution in [0.25, 0.3) is 0 Å². The van der Waals surface area contributed by atoms with Crippen LogP contribution in [0, 0.1) is 0 Å². The van der Waals surface area contributed by atoms with Gasteiger partial charge in [-0.3, -0.25) is 14.8 Å². The number of pyridine rings is 1. The Hall–Kier alpha value is -4.38. The summed E-state index contributed by atoms with van der Waals surface area (Å²) >= 11 is 0. The molecule has 1 aromatic heterocycles. The average molecular weight is 505 g/mol. The van der Waals surface area contributed by atoms with Crippen LogP contribution < -0.4 is 0 Å². The fourth-order valence-electron chi connectivity index (χ4n) is 4.82. The topological polar surface area (TPSA) is 79.6 Å². The van der Waals surface area contributed by atoms with Crippen molar-refractivity contribution in [1.82, 2.24) is 4.98 Å². The molecule has 4 rings (SSSR count). The molecular weight excluding hydrogens is 472 g/mol. The quantitative estimate of drug-likeness (QED) is 0.199. The normalized spacial score (nSPS) is 21.2. The Kier molecular flexibility index (Phi) is 7.67. The lowest BCUT2D eigenvalue weighted by Gasteiger charge is -2.38. The third-order valence-corrected chi connectivity index (χ3v) is 7.01. The third-order valence-electron chi connectivity index (χ3n) is 7.01. The van der Waals surface area contributed by atoms with Gasteiger partial charge in [-0.15, -0.1) is 6.58 Å². The summed E-state index contributed by atoms with van der Waals surface area (Å²) in [6, 6.07) is 21.2. The molecule has 0 bridgehead atoms. The van der Waals surface area contributed by atoms with Gasteiger partial charge < -0.3 is 5.11 Å². The number of carbonyl (C=O) groups excluding carboxylic acids is 1. The maximum absolute atomic E-state index is 14.1. The number of ketones is 1. The second kappa shape index (κ2) is 10.9. The summed E-state index contributed by atoms with van der Waals surface area (Å²) in [6.45, 7) is 9.74. The Balaban J connectivity index is 2.00. The average Bonchev–Trinajstić information content (AvgIpc) is 2.94. The van der Waals surface area contributed by atoms with Gasteiger partial charge in [0, 0.05) is 30.0 Å². The van der Waals surface area contributed by atoms with E-state index in [1.54, 1.807) is 31.5 Å². The number of aromatic nitrogens is 1. The Morgan fingerprint density at radius 3 is 2.29 bits per heavy atom. The van der Waals surface area contributed by atoms with Crippen molar-refractivity contribution in [3.8, 4) is 0 Å². The maximum Gasteiger partial charge on any atom is 0.350 e. The minimum Gasteiger partial charge on any atom is -0.477 e. The van der Waals surface area contributed by atoms with Crippen LogP contribution in [0.2, 0.25) is 0 Å². The van der Waals surface area contributed by atoms with Gasteiger partial charge in [0.1, 0.15) is 11.3 Å². The zero-order valence-corrected chi connectivity index (χ0v) is 22.0. The highest BCUT2D eigenvalue weighted by atomic mass is 16.4. The molecule has 2 aromatic carbocycles. The van der Waals surface area contributed by atoms with Gasteiger partial charge in [0.2, 0.25) is 0 Å². The summed E-state index contributed by atoms with van der Waals surface area (Å²) in [5, 5.41) is 9.81. The van der Waals surface area contributed by atoms with Gasteiger partial charge in [-0.05, 0) is 35.6 Å². The summed E-state index contributed by atoms with van der Waals surface area (Å²) in [5.74, 6) is -0.973. The number of aliphatic imine (C=N–C) groups is 1. The molecule has 0 saturated heterocycles. The molecule has 38 heavy (non-hydrogen) atoms. The molecule has 0 radical (unpaired) electrons. The van der Waals surface area contributed by atoms with Crippen molar-refractivity contribution >= 4 is 17.5 Å². The van der Waals surface area contributed by atoms with E-state index in [-0.39, 0.29) is 17.9 Å². The van der Waals surface area contributed by atoms with Crippen LogP contribution >= 0.6 is 0 Å². The molecule has 0 fully saturated rings. The van der Waals surface area contributed by atoms with Crippen LogP contribution in [0.15, 0.2) is 121 Å². The van der Waals surface area contributed by atoms with Crippen LogP contribution in [0.4, 0.5) is 0 Å². The number of carboxylic acid groups (broad SMARTS) is 1. The van der Waals surface area contributed by atoms with Gasteiger partial charge in [-0.25, -0.2) is 4.79 Å². The van der Waals surface area contributed by atoms with Gasteiger partial charge in [0.05, 0.1) is 5.41 Å². The molecule has 192 valence electrons. The van der Waals surface area contributed by atoms with Gasteiger partial charge in [-0.2, -0.15) is 0 Å². The van der Waals surface area contributed by atoms with Crippen LogP contribution in [-0.4, -0.2) is 33.1 Å². The number of carbonyl (C=O) groups is 2. The zero-order valence-electron chi connectivity index (χ0n) is 22.0. The van der Waals surface area contributed by atoms with E-state index in [2.05, 4.69) is 54.7 Å². The Bertz CT molecular complexity index is 1420. The number of allylic oxidation sites excluding steroid dienone is 3. The van der Waals surface area contributed by atoms with E-state index in [0.29, 0.717) is 17.1 Å². The number of carboxylic acids is 1. The first-order valence-corrected chi connectivity index (χ1v) is 12.7. The summed E-state index contributed by atoms with van der Waals surface area (Å²) in [6.07, 6.45) is 10.9. The molecular formula is C33H32N2O3. The Morgan fingerprint density at radius 1 is 1.00 bits per heavy atom. The number of aliphatic carboxylic acids is 1. The Morgan fingerprint density at radius 2 is 1.71 bits per heavy atom. The van der Waals surface area contributed by atoms with E-state index in [1.165, 1.54) is 11.6 Å². The van der Waals surface area contributed by atoms with Crippen molar-refractivity contribution < 1.29 is 14.7 Å². The Labute approximate surface area is 224 Å². The summed E-state index contributed by atoms with van der Waals surface area (Å²) in [5.41, 5.74) is 1.91. The lowest BCUT2D eigenvalue weighted by Crippen LogP contribution is -2.38. The van der Waals surface area contributed by atoms with Crippen molar-refractivity contribution in [2.24, 2.45) is 4.99 Å². The highest BCUT2D eigenvalue weighted by Crippen LogP contribution is 2.44. The standard InChI is InChI=1S/C33H32N2O3/c1-5-10-29(31(37)38)35-32(4)18-19-33(27-13-9-20-34-22-27,26-16-14-24(15-17-26)23(2)3)21-28(32)30(36)25-11-7-6-8-12-25/h5-9,11-23H,1,10H2,2-4H3,(H,37,38). The first-order valence-electron chi connectivity index (χ1n) is 12.7. The smallest absolute Gasteiger partial charge is 0.350 e. The van der Waals surface area contributed by atoms with Crippen molar-refractivity contribution in [2.75, 3.05) is 0 Å². The third kappa shape index (κ3) is 5.18. The molecule has 1 N–H and O–H groups in total. The second-order valence-electron chi connectivity index (χ2n) is 9.98. The predicted molar refractivity (Wildman–Crippen MR) is 152 cm³/mol. The van der Waals surface area contributed by atoms with E-state index in [9.17, 15) is 14.7 Å². The molecule has 3 aromatic rings. The lowest BCUT2D eigenvalue weighted by molar-refractivity contribution is -0.129. The van der Waals surface area contributed by atoms with Gasteiger partial charge in [0.25, 0.3) is 0 Å². The first-order chi connectivity index (χ1) is 18.2. The van der Waals surface area contributed by atoms with Gasteiger partial charge in [-0.1, -0.05) is 98.8 Å². The van der Waals surface area contributed by atoms with E-state index in [4.69, 9.17) is 0 Å². The number of hydrogen-bond acceptors (Lipinski definition) is 4. The summed E-state index contributed by atoms with van der Waals surface area (Å²) < 4.78 is 0. The molecule has 2 unspecified atom stereocenters. The van der Waals surface area contributed by atoms with Crippen LogP contribution in [-0.2, 0) is 10.2 Å². The summed E-state index contributed by atoms with van der Waals surface area (Å²) in [7, 11) is 0. The fourth-order valence-corrected chi connectivity index (χ4v) is 4.82. The predicted octanol–water partition coefficient (Wildman–Crippen LogP) is 6.73. The molecule has 0 amide bonds. The number of rotatable bonds is 9. The van der Waals surface area contributed by atoms with E-state index >= 15 is 0 Å². The molecule has 1 aliphatic rings. The van der Waals surface area contributed by atoms with Crippen LogP contribution in [0.3, 0.4) is 0 Å². The number of nitrogens with zero attached hydrogens (tertiary/aromatic N) is 2. The summed E-state index contributed by atoms with van der Waals surface area (Å²) in [4.78, 5) is 35.1. The fraction of sp³-hybridized carbons (Fsp3) is 0.212.